The number of hydrogen-bond acceptors (Lipinski definition) is 1. The summed E-state index contributed by atoms with van der Waals surface area (Å²) >= 11 is 0. The molecule has 0 bridgehead atoms. The van der Waals surface area contributed by atoms with Gasteiger partial charge < -0.3 is 4.74 Å². The van der Waals surface area contributed by atoms with Gasteiger partial charge in [0.25, 0.3) is 0 Å². The normalized spacial score (nSPS) is 20.2. The number of allylic oxidation sites excluding steroid dienone is 2. The molecule has 6 heteroatoms. The van der Waals surface area contributed by atoms with Crippen LogP contribution in [0.25, 0.3) is 0 Å². The molecule has 2 aromatic rings. The van der Waals surface area contributed by atoms with Crippen LogP contribution in [-0.4, -0.2) is 0 Å². The number of ether oxygens (including phenoxy) is 1. The van der Waals surface area contributed by atoms with Crippen molar-refractivity contribution in [1.29, 1.82) is 0 Å². The second kappa shape index (κ2) is 8.97. The number of benzene rings is 2. The van der Waals surface area contributed by atoms with Gasteiger partial charge in [0.15, 0.2) is 17.5 Å². The summed E-state index contributed by atoms with van der Waals surface area (Å²) in [7, 11) is 0. The van der Waals surface area contributed by atoms with Gasteiger partial charge in [-0.3, -0.25) is 0 Å². The standard InChI is InChI=1S/C23H23F5O/c1-2-3-4-15-5-7-16(8-6-15)17-9-11-18(12-10-17)23(27,28)29-19-13-20(24)22(26)21(25)14-19/h3-4,9-16H,2,5-8H2,1H3. The molecular weight excluding hydrogens is 387 g/mol. The van der Waals surface area contributed by atoms with Gasteiger partial charge >= 0.3 is 6.11 Å². The van der Waals surface area contributed by atoms with Crippen LogP contribution in [0.15, 0.2) is 48.6 Å². The third kappa shape index (κ3) is 5.17. The van der Waals surface area contributed by atoms with E-state index in [0.29, 0.717) is 24.0 Å². The average molecular weight is 410 g/mol. The third-order valence-corrected chi connectivity index (χ3v) is 5.34. The van der Waals surface area contributed by atoms with Crippen LogP contribution in [0.1, 0.15) is 56.1 Å². The topological polar surface area (TPSA) is 9.23 Å². The van der Waals surface area contributed by atoms with E-state index in [1.165, 1.54) is 12.1 Å². The van der Waals surface area contributed by atoms with E-state index in [4.69, 9.17) is 0 Å². The van der Waals surface area contributed by atoms with Crippen LogP contribution < -0.4 is 4.74 Å². The summed E-state index contributed by atoms with van der Waals surface area (Å²) in [6, 6.07) is 6.60. The Kier molecular flexibility index (Phi) is 6.60. The van der Waals surface area contributed by atoms with Crippen molar-refractivity contribution in [3.8, 4) is 5.75 Å². The summed E-state index contributed by atoms with van der Waals surface area (Å²) in [5.41, 5.74) is 0.548. The second-order valence-corrected chi connectivity index (χ2v) is 7.39. The highest BCUT2D eigenvalue weighted by Gasteiger charge is 2.35. The van der Waals surface area contributed by atoms with Gasteiger partial charge in [0.2, 0.25) is 0 Å². The van der Waals surface area contributed by atoms with E-state index < -0.39 is 34.9 Å². The van der Waals surface area contributed by atoms with Crippen molar-refractivity contribution in [2.75, 3.05) is 0 Å². The summed E-state index contributed by atoms with van der Waals surface area (Å²) in [5.74, 6) is -4.78. The Morgan fingerprint density at radius 3 is 2.10 bits per heavy atom. The Hall–Kier alpha value is -2.37. The highest BCUT2D eigenvalue weighted by Crippen LogP contribution is 2.38. The minimum absolute atomic E-state index is 0.324. The van der Waals surface area contributed by atoms with Crippen LogP contribution in [-0.2, 0) is 6.11 Å². The van der Waals surface area contributed by atoms with Crippen molar-refractivity contribution in [3.05, 3.63) is 77.1 Å². The van der Waals surface area contributed by atoms with Gasteiger partial charge in [-0.05, 0) is 61.6 Å². The smallest absolute Gasteiger partial charge is 0.426 e. The maximum atomic E-state index is 14.4. The first kappa shape index (κ1) is 21.3. The Bertz CT molecular complexity index is 829. The minimum Gasteiger partial charge on any atom is -0.429 e. The van der Waals surface area contributed by atoms with Crippen LogP contribution in [0.4, 0.5) is 22.0 Å². The molecule has 0 aromatic heterocycles. The predicted molar refractivity (Wildman–Crippen MR) is 101 cm³/mol. The zero-order chi connectivity index (χ0) is 21.0. The first-order valence-electron chi connectivity index (χ1n) is 9.78. The molecule has 0 amide bonds. The van der Waals surface area contributed by atoms with E-state index in [2.05, 4.69) is 23.8 Å². The number of alkyl halides is 2. The zero-order valence-electron chi connectivity index (χ0n) is 16.1. The molecule has 1 fully saturated rings. The first-order chi connectivity index (χ1) is 13.8. The molecule has 0 saturated heterocycles. The van der Waals surface area contributed by atoms with E-state index in [-0.39, 0.29) is 0 Å². The summed E-state index contributed by atoms with van der Waals surface area (Å²) in [4.78, 5) is 0. The first-order valence-corrected chi connectivity index (χ1v) is 9.78. The highest BCUT2D eigenvalue weighted by atomic mass is 19.3. The minimum atomic E-state index is -3.81. The van der Waals surface area contributed by atoms with Gasteiger partial charge in [-0.15, -0.1) is 0 Å². The molecule has 0 heterocycles. The van der Waals surface area contributed by atoms with Crippen LogP contribution in [0.2, 0.25) is 0 Å². The predicted octanol–water partition coefficient (Wildman–Crippen LogP) is 7.47. The Labute approximate surface area is 167 Å². The van der Waals surface area contributed by atoms with Crippen molar-refractivity contribution in [2.24, 2.45) is 5.92 Å². The molecule has 1 aliphatic rings. The maximum absolute atomic E-state index is 14.4. The Morgan fingerprint density at radius 1 is 0.966 bits per heavy atom. The monoisotopic (exact) mass is 410 g/mol. The summed E-state index contributed by atoms with van der Waals surface area (Å²) in [5, 5.41) is 0. The van der Waals surface area contributed by atoms with Gasteiger partial charge in [-0.25, -0.2) is 13.2 Å². The van der Waals surface area contributed by atoms with Crippen LogP contribution in [0.5, 0.6) is 5.75 Å². The van der Waals surface area contributed by atoms with Crippen molar-refractivity contribution >= 4 is 0 Å². The molecule has 0 aliphatic heterocycles. The maximum Gasteiger partial charge on any atom is 0.426 e. The molecule has 0 unspecified atom stereocenters. The summed E-state index contributed by atoms with van der Waals surface area (Å²) < 4.78 is 72.6. The van der Waals surface area contributed by atoms with Crippen molar-refractivity contribution < 1.29 is 26.7 Å². The van der Waals surface area contributed by atoms with E-state index in [1.807, 2.05) is 0 Å². The lowest BCUT2D eigenvalue weighted by molar-refractivity contribution is -0.185. The molecule has 0 spiro atoms. The molecule has 1 nitrogen and oxygen atoms in total. The van der Waals surface area contributed by atoms with Crippen LogP contribution in [0, 0.1) is 23.4 Å². The SMILES string of the molecule is CCC=CC1CCC(c2ccc(C(F)(F)Oc3cc(F)c(F)c(F)c3)cc2)CC1. The molecule has 1 saturated carbocycles. The van der Waals surface area contributed by atoms with Gasteiger partial charge in [-0.2, -0.15) is 8.78 Å². The Balaban J connectivity index is 1.67. The van der Waals surface area contributed by atoms with Gasteiger partial charge in [0, 0.05) is 12.1 Å². The summed E-state index contributed by atoms with van der Waals surface area (Å²) in [6.07, 6.45) is 5.80. The van der Waals surface area contributed by atoms with Gasteiger partial charge in [-0.1, -0.05) is 31.2 Å². The van der Waals surface area contributed by atoms with E-state index in [1.54, 1.807) is 12.1 Å². The quantitative estimate of drug-likeness (QED) is 0.273. The lowest BCUT2D eigenvalue weighted by Gasteiger charge is -2.27. The third-order valence-electron chi connectivity index (χ3n) is 5.34. The zero-order valence-corrected chi connectivity index (χ0v) is 16.1. The van der Waals surface area contributed by atoms with Crippen LogP contribution >= 0.6 is 0 Å². The van der Waals surface area contributed by atoms with Crippen molar-refractivity contribution in [1.82, 2.24) is 0 Å². The molecule has 2 aromatic carbocycles. The molecule has 0 atom stereocenters. The fourth-order valence-electron chi connectivity index (χ4n) is 3.72. The van der Waals surface area contributed by atoms with E-state index in [0.717, 1.165) is 37.7 Å². The lowest BCUT2D eigenvalue weighted by atomic mass is 9.78. The second-order valence-electron chi connectivity index (χ2n) is 7.39. The number of rotatable bonds is 6. The van der Waals surface area contributed by atoms with Gasteiger partial charge in [0.05, 0.1) is 5.56 Å². The summed E-state index contributed by atoms with van der Waals surface area (Å²) in [6.45, 7) is 2.10. The largest absolute Gasteiger partial charge is 0.429 e. The fourth-order valence-corrected chi connectivity index (χ4v) is 3.72. The average Bonchev–Trinajstić information content (AvgIpc) is 2.70. The molecule has 0 N–H and O–H groups in total. The molecular formula is C23H23F5O. The van der Waals surface area contributed by atoms with Crippen molar-refractivity contribution in [3.63, 3.8) is 0 Å². The highest BCUT2D eigenvalue weighted by molar-refractivity contribution is 5.30. The van der Waals surface area contributed by atoms with Gasteiger partial charge in [0.1, 0.15) is 5.75 Å². The number of hydrogen-bond donors (Lipinski definition) is 0. The molecule has 156 valence electrons. The molecule has 3 rings (SSSR count). The molecule has 29 heavy (non-hydrogen) atoms. The van der Waals surface area contributed by atoms with E-state index >= 15 is 0 Å². The Morgan fingerprint density at radius 2 is 1.55 bits per heavy atom. The fraction of sp³-hybridized carbons (Fsp3) is 0.391. The molecule has 0 radical (unpaired) electrons. The van der Waals surface area contributed by atoms with Crippen molar-refractivity contribution in [2.45, 2.75) is 51.1 Å². The number of halogens is 5. The molecule has 1 aliphatic carbocycles. The van der Waals surface area contributed by atoms with E-state index in [9.17, 15) is 22.0 Å². The lowest BCUT2D eigenvalue weighted by Crippen LogP contribution is -2.22. The van der Waals surface area contributed by atoms with Crippen LogP contribution in [0.3, 0.4) is 0 Å².